The summed E-state index contributed by atoms with van der Waals surface area (Å²) in [5.74, 6) is 0.938. The second-order valence-corrected chi connectivity index (χ2v) is 6.54. The van der Waals surface area contributed by atoms with E-state index in [4.69, 9.17) is 10.3 Å². The van der Waals surface area contributed by atoms with Crippen molar-refractivity contribution in [2.24, 2.45) is 5.73 Å². The van der Waals surface area contributed by atoms with Crippen LogP contribution in [0.15, 0.2) is 28.8 Å². The van der Waals surface area contributed by atoms with Crippen LogP contribution >= 0.6 is 0 Å². The Morgan fingerprint density at radius 1 is 1.29 bits per heavy atom. The summed E-state index contributed by atoms with van der Waals surface area (Å²) < 4.78 is 18.4. The summed E-state index contributed by atoms with van der Waals surface area (Å²) in [6.45, 7) is 3.99. The Kier molecular flexibility index (Phi) is 3.32. The number of benzene rings is 1. The highest BCUT2D eigenvalue weighted by atomic mass is 19.1. The minimum Gasteiger partial charge on any atom is -0.339 e. The van der Waals surface area contributed by atoms with Crippen molar-refractivity contribution in [1.82, 2.24) is 10.1 Å². The van der Waals surface area contributed by atoms with Crippen LogP contribution in [0, 0.1) is 5.82 Å². The maximum atomic E-state index is 13.0. The second kappa shape index (κ2) is 4.91. The zero-order valence-electron chi connectivity index (χ0n) is 12.4. The first-order valence-corrected chi connectivity index (χ1v) is 7.27. The highest BCUT2D eigenvalue weighted by Crippen LogP contribution is 2.33. The number of hydrogen-bond donors (Lipinski definition) is 1. The fourth-order valence-corrected chi connectivity index (χ4v) is 2.69. The number of nitrogens with two attached hydrogens (primary N) is 1. The molecule has 0 atom stereocenters. The molecule has 1 fully saturated rings. The van der Waals surface area contributed by atoms with Gasteiger partial charge in [0.1, 0.15) is 5.82 Å². The average Bonchev–Trinajstić information content (AvgIpc) is 2.86. The molecule has 2 aromatic rings. The summed E-state index contributed by atoms with van der Waals surface area (Å²) in [7, 11) is 0. The predicted octanol–water partition coefficient (Wildman–Crippen LogP) is 2.96. The van der Waals surface area contributed by atoms with Crippen LogP contribution in [0.4, 0.5) is 4.39 Å². The lowest BCUT2D eigenvalue weighted by atomic mass is 9.75. The van der Waals surface area contributed by atoms with Crippen LogP contribution in [-0.2, 0) is 11.8 Å². The van der Waals surface area contributed by atoms with Gasteiger partial charge in [0.05, 0.1) is 5.41 Å². The van der Waals surface area contributed by atoms with Crippen LogP contribution in [0.1, 0.15) is 50.4 Å². The third kappa shape index (κ3) is 2.70. The summed E-state index contributed by atoms with van der Waals surface area (Å²) in [6, 6.07) is 6.39. The Hall–Kier alpha value is -1.75. The number of nitrogens with zero attached hydrogens (tertiary/aromatic N) is 2. The van der Waals surface area contributed by atoms with Gasteiger partial charge in [0.15, 0.2) is 5.82 Å². The van der Waals surface area contributed by atoms with Crippen molar-refractivity contribution >= 4 is 0 Å². The molecule has 112 valence electrons. The van der Waals surface area contributed by atoms with Crippen molar-refractivity contribution < 1.29 is 8.91 Å². The van der Waals surface area contributed by atoms with E-state index < -0.39 is 5.41 Å². The van der Waals surface area contributed by atoms with E-state index in [-0.39, 0.29) is 11.4 Å². The van der Waals surface area contributed by atoms with Gasteiger partial charge in [-0.3, -0.25) is 0 Å². The van der Waals surface area contributed by atoms with Crippen LogP contribution in [0.2, 0.25) is 0 Å². The molecule has 1 aromatic heterocycles. The molecule has 5 heteroatoms. The molecule has 0 aliphatic heterocycles. The van der Waals surface area contributed by atoms with Crippen molar-refractivity contribution in [2.45, 2.75) is 50.5 Å². The molecule has 21 heavy (non-hydrogen) atoms. The van der Waals surface area contributed by atoms with Crippen molar-refractivity contribution in [3.8, 4) is 0 Å². The van der Waals surface area contributed by atoms with Gasteiger partial charge in [-0.2, -0.15) is 4.98 Å². The van der Waals surface area contributed by atoms with E-state index in [0.29, 0.717) is 18.1 Å². The maximum absolute atomic E-state index is 13.0. The van der Waals surface area contributed by atoms with Crippen LogP contribution in [0.25, 0.3) is 0 Å². The minimum absolute atomic E-state index is 0.177. The summed E-state index contributed by atoms with van der Waals surface area (Å²) in [5.41, 5.74) is 6.55. The molecule has 0 spiro atoms. The van der Waals surface area contributed by atoms with E-state index in [2.05, 4.69) is 10.1 Å². The summed E-state index contributed by atoms with van der Waals surface area (Å²) in [5, 5.41) is 4.09. The predicted molar refractivity (Wildman–Crippen MR) is 77.3 cm³/mol. The Labute approximate surface area is 123 Å². The average molecular weight is 289 g/mol. The van der Waals surface area contributed by atoms with E-state index in [0.717, 1.165) is 18.4 Å². The van der Waals surface area contributed by atoms with E-state index in [1.54, 1.807) is 12.1 Å². The zero-order valence-corrected chi connectivity index (χ0v) is 12.4. The van der Waals surface area contributed by atoms with Crippen molar-refractivity contribution in [1.29, 1.82) is 0 Å². The largest absolute Gasteiger partial charge is 0.339 e. The first kappa shape index (κ1) is 14.2. The van der Waals surface area contributed by atoms with Gasteiger partial charge < -0.3 is 10.3 Å². The topological polar surface area (TPSA) is 64.9 Å². The Morgan fingerprint density at radius 2 is 1.95 bits per heavy atom. The van der Waals surface area contributed by atoms with Gasteiger partial charge >= 0.3 is 0 Å². The molecular formula is C16H20FN3O. The Morgan fingerprint density at radius 3 is 2.52 bits per heavy atom. The van der Waals surface area contributed by atoms with E-state index in [1.807, 2.05) is 13.8 Å². The molecule has 3 rings (SSSR count). The van der Waals surface area contributed by atoms with Crippen LogP contribution in [-0.4, -0.2) is 15.7 Å². The Bertz CT molecular complexity index is 629. The highest BCUT2D eigenvalue weighted by molar-refractivity contribution is 5.30. The molecular weight excluding hydrogens is 269 g/mol. The lowest BCUT2D eigenvalue weighted by Gasteiger charge is -2.36. The number of halogens is 1. The molecule has 0 unspecified atom stereocenters. The molecule has 1 aromatic carbocycles. The van der Waals surface area contributed by atoms with Crippen molar-refractivity contribution in [3.05, 3.63) is 47.4 Å². The minimum atomic E-state index is -0.434. The van der Waals surface area contributed by atoms with Crippen molar-refractivity contribution in [3.63, 3.8) is 0 Å². The monoisotopic (exact) mass is 289 g/mol. The van der Waals surface area contributed by atoms with Crippen LogP contribution in [0.5, 0.6) is 0 Å². The molecule has 2 N–H and O–H groups in total. The van der Waals surface area contributed by atoms with Gasteiger partial charge in [-0.05, 0) is 50.8 Å². The number of aromatic nitrogens is 2. The fraction of sp³-hybridized carbons (Fsp3) is 0.500. The summed E-state index contributed by atoms with van der Waals surface area (Å²) in [4.78, 5) is 4.50. The lowest BCUT2D eigenvalue weighted by molar-refractivity contribution is 0.221. The summed E-state index contributed by atoms with van der Waals surface area (Å²) in [6.07, 6.45) is 3.80. The first-order valence-electron chi connectivity index (χ1n) is 7.27. The number of hydrogen-bond acceptors (Lipinski definition) is 4. The molecule has 4 nitrogen and oxygen atoms in total. The lowest BCUT2D eigenvalue weighted by Crippen LogP contribution is -2.48. The molecule has 0 saturated heterocycles. The van der Waals surface area contributed by atoms with Gasteiger partial charge in [0.2, 0.25) is 5.89 Å². The molecule has 1 aliphatic rings. The van der Waals surface area contributed by atoms with E-state index >= 15 is 0 Å². The second-order valence-electron chi connectivity index (χ2n) is 6.54. The van der Waals surface area contributed by atoms with E-state index in [1.165, 1.54) is 18.6 Å². The normalized spacial score (nSPS) is 17.5. The Balaban J connectivity index is 1.82. The quantitative estimate of drug-likeness (QED) is 0.939. The molecule has 1 heterocycles. The summed E-state index contributed by atoms with van der Waals surface area (Å²) >= 11 is 0. The van der Waals surface area contributed by atoms with Crippen LogP contribution < -0.4 is 5.73 Å². The van der Waals surface area contributed by atoms with Gasteiger partial charge in [-0.15, -0.1) is 0 Å². The molecule has 0 bridgehead atoms. The third-order valence-corrected chi connectivity index (χ3v) is 4.45. The van der Waals surface area contributed by atoms with Gasteiger partial charge in [0, 0.05) is 12.0 Å². The van der Waals surface area contributed by atoms with Gasteiger partial charge in [0.25, 0.3) is 0 Å². The molecule has 0 amide bonds. The zero-order chi connectivity index (χ0) is 15.1. The van der Waals surface area contributed by atoms with Crippen molar-refractivity contribution in [2.75, 3.05) is 0 Å². The molecule has 1 aliphatic carbocycles. The van der Waals surface area contributed by atoms with Gasteiger partial charge in [-0.1, -0.05) is 17.3 Å². The molecule has 0 radical (unpaired) electrons. The number of rotatable bonds is 4. The fourth-order valence-electron chi connectivity index (χ4n) is 2.69. The first-order chi connectivity index (χ1) is 9.89. The smallest absolute Gasteiger partial charge is 0.228 e. The maximum Gasteiger partial charge on any atom is 0.228 e. The molecule has 1 saturated carbocycles. The SMILES string of the molecule is CC(C)(c1ccc(F)cc1)c1noc(CC2(N)CCC2)n1. The van der Waals surface area contributed by atoms with Crippen LogP contribution in [0.3, 0.4) is 0 Å². The van der Waals surface area contributed by atoms with E-state index in [9.17, 15) is 4.39 Å². The standard InChI is InChI=1S/C16H20FN3O/c1-15(2,11-4-6-12(17)7-5-11)14-19-13(21-20-14)10-16(18)8-3-9-16/h4-7H,3,8-10,18H2,1-2H3. The third-order valence-electron chi connectivity index (χ3n) is 4.45. The van der Waals surface area contributed by atoms with Gasteiger partial charge in [-0.25, -0.2) is 4.39 Å². The highest BCUT2D eigenvalue weighted by Gasteiger charge is 2.36.